The van der Waals surface area contributed by atoms with E-state index in [1.165, 1.54) is 6.08 Å². The Morgan fingerprint density at radius 3 is 2.42 bits per heavy atom. The summed E-state index contributed by atoms with van der Waals surface area (Å²) in [7, 11) is 4.76. The Hall–Kier alpha value is -4.39. The largest absolute Gasteiger partial charge is 0.497 e. The number of allylic oxidation sites excluding steroid dienone is 1. The Morgan fingerprint density at radius 2 is 1.69 bits per heavy atom. The minimum Gasteiger partial charge on any atom is -0.497 e. The number of carbonyl (C=O) groups is 1. The van der Waals surface area contributed by atoms with Gasteiger partial charge in [-0.05, 0) is 43.7 Å². The van der Waals surface area contributed by atoms with E-state index in [9.17, 15) is 4.79 Å². The predicted octanol–water partition coefficient (Wildman–Crippen LogP) is 6.57. The molecule has 4 aromatic rings. The van der Waals surface area contributed by atoms with Gasteiger partial charge in [0.1, 0.15) is 28.6 Å². The van der Waals surface area contributed by atoms with Crippen LogP contribution in [0.5, 0.6) is 23.0 Å². The Morgan fingerprint density at radius 1 is 0.917 bits per heavy atom. The van der Waals surface area contributed by atoms with Crippen molar-refractivity contribution in [2.24, 2.45) is 0 Å². The summed E-state index contributed by atoms with van der Waals surface area (Å²) in [5.74, 6) is 2.23. The maximum Gasteiger partial charge on any atom is 0.248 e. The first kappa shape index (κ1) is 24.7. The second kappa shape index (κ2) is 10.9. The van der Waals surface area contributed by atoms with Crippen molar-refractivity contribution in [3.8, 4) is 34.1 Å². The van der Waals surface area contributed by atoms with Crippen molar-refractivity contribution in [2.45, 2.75) is 13.8 Å². The van der Waals surface area contributed by atoms with Gasteiger partial charge in [0.05, 0.1) is 39.9 Å². The molecule has 0 bridgehead atoms. The van der Waals surface area contributed by atoms with E-state index in [1.54, 1.807) is 45.8 Å². The minimum atomic E-state index is -0.296. The molecule has 1 amide bonds. The van der Waals surface area contributed by atoms with Crippen LogP contribution in [-0.2, 0) is 4.79 Å². The van der Waals surface area contributed by atoms with Gasteiger partial charge in [0.15, 0.2) is 0 Å². The molecule has 1 heterocycles. The summed E-state index contributed by atoms with van der Waals surface area (Å²) in [6.07, 6.45) is 3.25. The Labute approximate surface area is 210 Å². The molecule has 0 aliphatic carbocycles. The number of furan rings is 1. The number of ether oxygens (including phenoxy) is 4. The lowest BCUT2D eigenvalue weighted by Gasteiger charge is -2.13. The topological polar surface area (TPSA) is 79.2 Å². The maximum absolute atomic E-state index is 12.9. The summed E-state index contributed by atoms with van der Waals surface area (Å²) in [6.45, 7) is 4.26. The van der Waals surface area contributed by atoms with Crippen LogP contribution in [0.3, 0.4) is 0 Å². The monoisotopic (exact) mass is 487 g/mol. The molecule has 7 nitrogen and oxygen atoms in total. The summed E-state index contributed by atoms with van der Waals surface area (Å²) in [4.78, 5) is 12.9. The number of rotatable bonds is 9. The number of nitrogens with one attached hydrogen (secondary N) is 1. The van der Waals surface area contributed by atoms with Crippen molar-refractivity contribution in [2.75, 3.05) is 33.3 Å². The third-order valence-electron chi connectivity index (χ3n) is 5.81. The summed E-state index contributed by atoms with van der Waals surface area (Å²) in [5.41, 5.74) is 4.56. The highest BCUT2D eigenvalue weighted by Crippen LogP contribution is 2.40. The van der Waals surface area contributed by atoms with E-state index in [1.807, 2.05) is 50.2 Å². The van der Waals surface area contributed by atoms with E-state index in [4.69, 9.17) is 23.4 Å². The molecule has 0 aliphatic rings. The molecule has 0 fully saturated rings. The third-order valence-corrected chi connectivity index (χ3v) is 5.81. The highest BCUT2D eigenvalue weighted by Gasteiger charge is 2.17. The second-order valence-corrected chi connectivity index (χ2v) is 8.01. The van der Waals surface area contributed by atoms with Gasteiger partial charge in [0.25, 0.3) is 0 Å². The van der Waals surface area contributed by atoms with Crippen molar-refractivity contribution in [1.29, 1.82) is 0 Å². The molecule has 4 rings (SSSR count). The zero-order chi connectivity index (χ0) is 25.7. The molecule has 1 N–H and O–H groups in total. The fraction of sp³-hybridized carbons (Fsp3) is 0.207. The van der Waals surface area contributed by atoms with E-state index in [-0.39, 0.29) is 5.91 Å². The van der Waals surface area contributed by atoms with Crippen LogP contribution in [0, 0.1) is 0 Å². The van der Waals surface area contributed by atoms with Gasteiger partial charge in [0.2, 0.25) is 5.91 Å². The van der Waals surface area contributed by atoms with Crippen molar-refractivity contribution in [3.05, 3.63) is 72.5 Å². The molecular weight excluding hydrogens is 458 g/mol. The van der Waals surface area contributed by atoms with Gasteiger partial charge < -0.3 is 28.7 Å². The molecule has 0 saturated heterocycles. The average Bonchev–Trinajstić information content (AvgIpc) is 3.31. The standard InChI is InChI=1S/C29H29NO6/c1-6-35-26-16-27-22(23(17-36-27)20-9-7-8-10-25(20)33-4)15-21(26)18(2)13-29(31)30-24-12-11-19(32-3)14-28(24)34-5/h7-17H,6H2,1-5H3,(H,30,31)/b18-13+. The molecule has 0 spiro atoms. The zero-order valence-electron chi connectivity index (χ0n) is 21.0. The van der Waals surface area contributed by atoms with E-state index in [0.717, 1.165) is 33.4 Å². The lowest BCUT2D eigenvalue weighted by molar-refractivity contribution is -0.111. The molecule has 3 aromatic carbocycles. The molecule has 36 heavy (non-hydrogen) atoms. The van der Waals surface area contributed by atoms with Crippen molar-refractivity contribution >= 4 is 28.1 Å². The first-order valence-corrected chi connectivity index (χ1v) is 11.5. The lowest BCUT2D eigenvalue weighted by atomic mass is 9.98. The normalized spacial score (nSPS) is 11.3. The molecule has 0 saturated carbocycles. The van der Waals surface area contributed by atoms with Crippen molar-refractivity contribution in [1.82, 2.24) is 0 Å². The molecule has 0 atom stereocenters. The Kier molecular flexibility index (Phi) is 7.49. The van der Waals surface area contributed by atoms with E-state index < -0.39 is 0 Å². The highest BCUT2D eigenvalue weighted by molar-refractivity contribution is 6.06. The number of hydrogen-bond acceptors (Lipinski definition) is 6. The Bertz CT molecular complexity index is 1420. The molecule has 0 unspecified atom stereocenters. The fourth-order valence-corrected chi connectivity index (χ4v) is 4.06. The molecule has 0 aliphatic heterocycles. The number of fused-ring (bicyclic) bond motifs is 1. The van der Waals surface area contributed by atoms with Crippen molar-refractivity contribution < 1.29 is 28.2 Å². The quantitative estimate of drug-likeness (QED) is 0.269. The second-order valence-electron chi connectivity index (χ2n) is 8.01. The number of anilines is 1. The summed E-state index contributed by atoms with van der Waals surface area (Å²) in [5, 5.41) is 3.77. The van der Waals surface area contributed by atoms with Gasteiger partial charge in [0, 0.05) is 40.3 Å². The molecule has 7 heteroatoms. The van der Waals surface area contributed by atoms with Crippen LogP contribution in [0.15, 0.2) is 71.4 Å². The van der Waals surface area contributed by atoms with Gasteiger partial charge in [-0.3, -0.25) is 4.79 Å². The third kappa shape index (κ3) is 5.00. The van der Waals surface area contributed by atoms with E-state index >= 15 is 0 Å². The number of amides is 1. The summed E-state index contributed by atoms with van der Waals surface area (Å²) in [6, 6.07) is 16.8. The fourth-order valence-electron chi connectivity index (χ4n) is 4.06. The maximum atomic E-state index is 12.9. The highest BCUT2D eigenvalue weighted by atomic mass is 16.5. The summed E-state index contributed by atoms with van der Waals surface area (Å²) < 4.78 is 27.9. The lowest BCUT2D eigenvalue weighted by Crippen LogP contribution is -2.10. The van der Waals surface area contributed by atoms with Gasteiger partial charge in [-0.1, -0.05) is 18.2 Å². The van der Waals surface area contributed by atoms with Crippen molar-refractivity contribution in [3.63, 3.8) is 0 Å². The average molecular weight is 488 g/mol. The van der Waals surface area contributed by atoms with Gasteiger partial charge in [-0.15, -0.1) is 0 Å². The van der Waals surface area contributed by atoms with Crippen LogP contribution < -0.4 is 24.3 Å². The first-order chi connectivity index (χ1) is 17.5. The zero-order valence-corrected chi connectivity index (χ0v) is 21.0. The van der Waals surface area contributed by atoms with Gasteiger partial charge in [-0.2, -0.15) is 0 Å². The number of para-hydroxylation sites is 1. The van der Waals surface area contributed by atoms with Crippen LogP contribution in [0.25, 0.3) is 27.7 Å². The Balaban J connectivity index is 1.73. The number of benzene rings is 3. The predicted molar refractivity (Wildman–Crippen MR) is 141 cm³/mol. The molecule has 1 aromatic heterocycles. The van der Waals surface area contributed by atoms with Gasteiger partial charge >= 0.3 is 0 Å². The summed E-state index contributed by atoms with van der Waals surface area (Å²) >= 11 is 0. The van der Waals surface area contributed by atoms with E-state index in [0.29, 0.717) is 35.1 Å². The van der Waals surface area contributed by atoms with Crippen LogP contribution in [-0.4, -0.2) is 33.8 Å². The first-order valence-electron chi connectivity index (χ1n) is 11.5. The van der Waals surface area contributed by atoms with E-state index in [2.05, 4.69) is 5.32 Å². The minimum absolute atomic E-state index is 0.296. The molecule has 186 valence electrons. The van der Waals surface area contributed by atoms with Gasteiger partial charge in [-0.25, -0.2) is 0 Å². The number of carbonyl (C=O) groups excluding carboxylic acids is 1. The van der Waals surface area contributed by atoms with Crippen LogP contribution in [0.2, 0.25) is 0 Å². The SMILES string of the molecule is CCOc1cc2occ(-c3ccccc3OC)c2cc1/C(C)=C/C(=O)Nc1ccc(OC)cc1OC. The number of hydrogen-bond donors (Lipinski definition) is 1. The van der Waals surface area contributed by atoms with Crippen LogP contribution >= 0.6 is 0 Å². The van der Waals surface area contributed by atoms with Crippen LogP contribution in [0.4, 0.5) is 5.69 Å². The molecular formula is C29H29NO6. The molecule has 0 radical (unpaired) electrons. The smallest absolute Gasteiger partial charge is 0.248 e. The number of methoxy groups -OCH3 is 3. The van der Waals surface area contributed by atoms with Crippen LogP contribution in [0.1, 0.15) is 19.4 Å².